The van der Waals surface area contributed by atoms with Crippen molar-refractivity contribution < 1.29 is 0 Å². The fraction of sp³-hybridized carbons (Fsp3) is 0.0256. The van der Waals surface area contributed by atoms with Crippen LogP contribution in [0.5, 0.6) is 0 Å². The molecule has 0 spiro atoms. The van der Waals surface area contributed by atoms with Crippen molar-refractivity contribution in [3.8, 4) is 30.6 Å². The summed E-state index contributed by atoms with van der Waals surface area (Å²) in [6, 6.07) is 56.1. The van der Waals surface area contributed by atoms with Crippen LogP contribution in [-0.4, -0.2) is 0 Å². The molecule has 7 aromatic rings. The Morgan fingerprint density at radius 1 is 0.395 bits per heavy atom. The van der Waals surface area contributed by atoms with E-state index in [1.807, 2.05) is 40.9 Å². The number of benzene rings is 5. The van der Waals surface area contributed by atoms with Crippen LogP contribution in [0.3, 0.4) is 0 Å². The quantitative estimate of drug-likeness (QED) is 0.189. The van der Waals surface area contributed by atoms with E-state index in [1.54, 1.807) is 0 Å². The topological polar surface area (TPSA) is 15.3 Å². The second-order valence-electron chi connectivity index (χ2n) is 10.4. The van der Waals surface area contributed by atoms with Gasteiger partial charge < -0.3 is 10.2 Å². The van der Waals surface area contributed by atoms with Crippen LogP contribution in [0, 0.1) is 6.92 Å². The van der Waals surface area contributed by atoms with E-state index >= 15 is 0 Å². The molecule has 0 radical (unpaired) electrons. The zero-order chi connectivity index (χ0) is 29.0. The van der Waals surface area contributed by atoms with E-state index in [0.29, 0.717) is 0 Å². The molecular formula is C39H30N2S2. The van der Waals surface area contributed by atoms with E-state index in [-0.39, 0.29) is 0 Å². The summed E-state index contributed by atoms with van der Waals surface area (Å²) in [7, 11) is 0. The number of hydrogen-bond donors (Lipinski definition) is 1. The van der Waals surface area contributed by atoms with Crippen molar-refractivity contribution in [2.75, 3.05) is 10.2 Å². The molecule has 2 nitrogen and oxygen atoms in total. The van der Waals surface area contributed by atoms with Gasteiger partial charge >= 0.3 is 0 Å². The Hall–Kier alpha value is -4.90. The maximum absolute atomic E-state index is 3.46. The van der Waals surface area contributed by atoms with Gasteiger partial charge in [-0.3, -0.25) is 0 Å². The number of nitrogens with zero attached hydrogens (tertiary/aromatic N) is 1. The summed E-state index contributed by atoms with van der Waals surface area (Å²) in [5.41, 5.74) is 9.35. The second kappa shape index (κ2) is 12.1. The van der Waals surface area contributed by atoms with Crippen molar-refractivity contribution in [2.24, 2.45) is 0 Å². The average molecular weight is 591 g/mol. The highest BCUT2D eigenvalue weighted by atomic mass is 32.1. The lowest BCUT2D eigenvalue weighted by molar-refractivity contribution is 1.28. The molecule has 0 unspecified atom stereocenters. The lowest BCUT2D eigenvalue weighted by Gasteiger charge is -2.25. The van der Waals surface area contributed by atoms with E-state index in [9.17, 15) is 0 Å². The molecule has 4 heteroatoms. The summed E-state index contributed by atoms with van der Waals surface area (Å²) in [4.78, 5) is 7.44. The van der Waals surface area contributed by atoms with Crippen LogP contribution in [0.25, 0.3) is 30.6 Å². The van der Waals surface area contributed by atoms with E-state index in [4.69, 9.17) is 0 Å². The molecule has 2 heterocycles. The third kappa shape index (κ3) is 6.02. The average Bonchev–Trinajstić information content (AvgIpc) is 3.75. The first-order valence-electron chi connectivity index (χ1n) is 14.3. The van der Waals surface area contributed by atoms with Crippen molar-refractivity contribution in [3.05, 3.63) is 163 Å². The molecule has 5 aromatic carbocycles. The molecule has 7 rings (SSSR count). The van der Waals surface area contributed by atoms with Crippen LogP contribution < -0.4 is 10.2 Å². The molecule has 0 aliphatic carbocycles. The predicted molar refractivity (Wildman–Crippen MR) is 188 cm³/mol. The normalized spacial score (nSPS) is 10.9. The Labute approximate surface area is 261 Å². The SMILES string of the molecule is Cc1ccc(N(c2ccccc2)c2ccc(-c3ccc(-c4ccc(-c5ccc(Nc6ccccc6)cc5)s4)s3)cc2)cc1. The lowest BCUT2D eigenvalue weighted by atomic mass is 10.1. The first-order valence-corrected chi connectivity index (χ1v) is 16.0. The van der Waals surface area contributed by atoms with Crippen LogP contribution >= 0.6 is 22.7 Å². The van der Waals surface area contributed by atoms with Crippen molar-refractivity contribution in [1.29, 1.82) is 0 Å². The molecule has 1 N–H and O–H groups in total. The van der Waals surface area contributed by atoms with Crippen LogP contribution in [0.4, 0.5) is 28.4 Å². The molecule has 43 heavy (non-hydrogen) atoms. The zero-order valence-electron chi connectivity index (χ0n) is 23.8. The first kappa shape index (κ1) is 27.0. The van der Waals surface area contributed by atoms with Gasteiger partial charge in [0.2, 0.25) is 0 Å². The second-order valence-corrected chi connectivity index (χ2v) is 12.6. The Balaban J connectivity index is 1.09. The Morgan fingerprint density at radius 2 is 0.814 bits per heavy atom. The Kier molecular flexibility index (Phi) is 7.61. The molecular weight excluding hydrogens is 561 g/mol. The molecule has 0 amide bonds. The number of hydrogen-bond acceptors (Lipinski definition) is 4. The summed E-state index contributed by atoms with van der Waals surface area (Å²) in [6.45, 7) is 2.12. The van der Waals surface area contributed by atoms with Crippen molar-refractivity contribution in [2.45, 2.75) is 6.92 Å². The number of para-hydroxylation sites is 2. The van der Waals surface area contributed by atoms with Gasteiger partial charge in [-0.25, -0.2) is 0 Å². The summed E-state index contributed by atoms with van der Waals surface area (Å²) in [5, 5.41) is 3.46. The van der Waals surface area contributed by atoms with Gasteiger partial charge in [-0.15, -0.1) is 22.7 Å². The van der Waals surface area contributed by atoms with Crippen LogP contribution in [0.1, 0.15) is 5.56 Å². The van der Waals surface area contributed by atoms with E-state index in [0.717, 1.165) is 28.4 Å². The highest BCUT2D eigenvalue weighted by Crippen LogP contribution is 2.41. The maximum atomic E-state index is 3.46. The smallest absolute Gasteiger partial charge is 0.0462 e. The predicted octanol–water partition coefficient (Wildman–Crippen LogP) is 12.3. The first-order chi connectivity index (χ1) is 21.2. The van der Waals surface area contributed by atoms with Gasteiger partial charge in [0.25, 0.3) is 0 Å². The molecule has 0 saturated heterocycles. The summed E-state index contributed by atoms with van der Waals surface area (Å²) in [6.07, 6.45) is 0. The summed E-state index contributed by atoms with van der Waals surface area (Å²) >= 11 is 3.69. The standard InChI is InChI=1S/C39H30N2S2/c1-28-12-20-34(21-13-28)41(33-10-6-3-7-11-33)35-22-16-30(17-23-35)37-25-27-39(43-37)38-26-24-36(42-38)29-14-18-32(19-15-29)40-31-8-4-2-5-9-31/h2-27,40H,1H3. The number of rotatable bonds is 8. The third-order valence-electron chi connectivity index (χ3n) is 7.40. The molecule has 0 aliphatic heterocycles. The van der Waals surface area contributed by atoms with Gasteiger partial charge in [-0.1, -0.05) is 78.4 Å². The van der Waals surface area contributed by atoms with Crippen LogP contribution in [-0.2, 0) is 0 Å². The Bertz CT molecular complexity index is 1920. The fourth-order valence-electron chi connectivity index (χ4n) is 5.15. The van der Waals surface area contributed by atoms with E-state index in [2.05, 4.69) is 157 Å². The van der Waals surface area contributed by atoms with Gasteiger partial charge in [0.1, 0.15) is 0 Å². The van der Waals surface area contributed by atoms with Crippen molar-refractivity contribution in [3.63, 3.8) is 0 Å². The fourth-order valence-corrected chi connectivity index (χ4v) is 7.26. The van der Waals surface area contributed by atoms with Crippen LogP contribution in [0.2, 0.25) is 0 Å². The molecule has 208 valence electrons. The maximum Gasteiger partial charge on any atom is 0.0462 e. The van der Waals surface area contributed by atoms with Crippen molar-refractivity contribution >= 4 is 51.1 Å². The number of anilines is 5. The van der Waals surface area contributed by atoms with Gasteiger partial charge in [0, 0.05) is 47.9 Å². The number of thiophene rings is 2. The number of aryl methyl sites for hydroxylation is 1. The molecule has 0 saturated carbocycles. The minimum absolute atomic E-state index is 1.09. The lowest BCUT2D eigenvalue weighted by Crippen LogP contribution is -2.09. The van der Waals surface area contributed by atoms with Gasteiger partial charge in [0.05, 0.1) is 0 Å². The minimum atomic E-state index is 1.09. The van der Waals surface area contributed by atoms with E-state index in [1.165, 1.54) is 36.2 Å². The van der Waals surface area contributed by atoms with E-state index < -0.39 is 0 Å². The molecule has 0 fully saturated rings. The summed E-state index contributed by atoms with van der Waals surface area (Å²) in [5.74, 6) is 0. The van der Waals surface area contributed by atoms with Gasteiger partial charge in [0.15, 0.2) is 0 Å². The van der Waals surface area contributed by atoms with Crippen LogP contribution in [0.15, 0.2) is 158 Å². The number of nitrogens with one attached hydrogen (secondary N) is 1. The summed E-state index contributed by atoms with van der Waals surface area (Å²) < 4.78 is 0. The van der Waals surface area contributed by atoms with Gasteiger partial charge in [-0.2, -0.15) is 0 Å². The molecule has 0 aliphatic rings. The molecule has 0 bridgehead atoms. The van der Waals surface area contributed by atoms with Gasteiger partial charge in [-0.05, 0) is 103 Å². The van der Waals surface area contributed by atoms with Crippen molar-refractivity contribution in [1.82, 2.24) is 0 Å². The largest absolute Gasteiger partial charge is 0.356 e. The molecule has 2 aromatic heterocycles. The third-order valence-corrected chi connectivity index (χ3v) is 9.87. The molecule has 0 atom stereocenters. The monoisotopic (exact) mass is 590 g/mol. The zero-order valence-corrected chi connectivity index (χ0v) is 25.4. The highest BCUT2D eigenvalue weighted by molar-refractivity contribution is 7.25. The Morgan fingerprint density at radius 3 is 1.37 bits per heavy atom. The minimum Gasteiger partial charge on any atom is -0.356 e. The highest BCUT2D eigenvalue weighted by Gasteiger charge is 2.13.